The molecule has 3 aromatic rings. The predicted molar refractivity (Wildman–Crippen MR) is 153 cm³/mol. The summed E-state index contributed by atoms with van der Waals surface area (Å²) in [6, 6.07) is 30.7. The minimum absolute atomic E-state index is 0.312. The van der Waals surface area contributed by atoms with Gasteiger partial charge in [0.2, 0.25) is 0 Å². The van der Waals surface area contributed by atoms with E-state index >= 15 is 0 Å². The lowest BCUT2D eigenvalue weighted by Crippen LogP contribution is -2.37. The number of carbonyl (C=O) groups is 1. The van der Waals surface area contributed by atoms with Crippen LogP contribution in [0.15, 0.2) is 91.0 Å². The Morgan fingerprint density at radius 1 is 0.722 bits per heavy atom. The summed E-state index contributed by atoms with van der Waals surface area (Å²) in [5.41, 5.74) is 9.85. The van der Waals surface area contributed by atoms with Crippen molar-refractivity contribution in [2.75, 3.05) is 12.4 Å². The van der Waals surface area contributed by atoms with Crippen molar-refractivity contribution in [1.29, 1.82) is 0 Å². The van der Waals surface area contributed by atoms with Gasteiger partial charge in [-0.2, -0.15) is 0 Å². The Bertz CT molecular complexity index is 898. The van der Waals surface area contributed by atoms with E-state index in [2.05, 4.69) is 79.7 Å². The summed E-state index contributed by atoms with van der Waals surface area (Å²) in [5, 5.41) is 0. The van der Waals surface area contributed by atoms with Crippen LogP contribution in [0.4, 0.5) is 0 Å². The summed E-state index contributed by atoms with van der Waals surface area (Å²) < 4.78 is 5.07. The molecule has 0 radical (unpaired) electrons. The lowest BCUT2D eigenvalue weighted by Gasteiger charge is -2.36. The zero-order chi connectivity index (χ0) is 25.5. The van der Waals surface area contributed by atoms with Gasteiger partial charge in [-0.25, -0.2) is 0 Å². The van der Waals surface area contributed by atoms with E-state index in [1.807, 2.05) is 18.2 Å². The van der Waals surface area contributed by atoms with Crippen molar-refractivity contribution in [2.45, 2.75) is 69.1 Å². The first-order valence-corrected chi connectivity index (χ1v) is 14.4. The number of thioether (sulfide) groups is 1. The van der Waals surface area contributed by atoms with Gasteiger partial charge < -0.3 is 10.5 Å². The van der Waals surface area contributed by atoms with Gasteiger partial charge in [0.1, 0.15) is 6.04 Å². The number of hydrogen-bond acceptors (Lipinski definition) is 4. The zero-order valence-corrected chi connectivity index (χ0v) is 22.4. The van der Waals surface area contributed by atoms with E-state index in [1.165, 1.54) is 38.5 Å². The van der Waals surface area contributed by atoms with E-state index in [0.717, 1.165) is 29.5 Å². The largest absolute Gasteiger partial charge is 0.465 e. The summed E-state index contributed by atoms with van der Waals surface area (Å²) in [7, 11) is 0. The van der Waals surface area contributed by atoms with Crippen molar-refractivity contribution in [3.8, 4) is 0 Å². The normalized spacial score (nSPS) is 12.3. The lowest BCUT2D eigenvalue weighted by molar-refractivity contribution is -0.144. The molecule has 36 heavy (non-hydrogen) atoms. The molecule has 1 atom stereocenters. The fourth-order valence-corrected chi connectivity index (χ4v) is 6.04. The van der Waals surface area contributed by atoms with Crippen LogP contribution >= 0.6 is 11.8 Å². The summed E-state index contributed by atoms with van der Waals surface area (Å²) in [4.78, 5) is 12.7. The summed E-state index contributed by atoms with van der Waals surface area (Å²) >= 11 is 1.70. The number of ether oxygens (including phenoxy) is 1. The monoisotopic (exact) mass is 503 g/mol. The summed E-state index contributed by atoms with van der Waals surface area (Å²) in [6.45, 7) is 2.69. The molecule has 0 unspecified atom stereocenters. The third-order valence-electron chi connectivity index (χ3n) is 6.57. The van der Waals surface area contributed by atoms with Crippen LogP contribution in [0.3, 0.4) is 0 Å². The van der Waals surface area contributed by atoms with Gasteiger partial charge in [-0.15, -0.1) is 11.8 Å². The second-order valence-corrected chi connectivity index (χ2v) is 10.6. The van der Waals surface area contributed by atoms with Crippen LogP contribution in [-0.4, -0.2) is 24.4 Å². The molecule has 0 saturated carbocycles. The Hall–Kier alpha value is -2.56. The van der Waals surface area contributed by atoms with Gasteiger partial charge in [0, 0.05) is 5.75 Å². The van der Waals surface area contributed by atoms with E-state index in [-0.39, 0.29) is 5.97 Å². The highest BCUT2D eigenvalue weighted by Gasteiger charge is 2.37. The minimum Gasteiger partial charge on any atom is -0.465 e. The Balaban J connectivity index is 1.64. The van der Waals surface area contributed by atoms with E-state index < -0.39 is 10.8 Å². The first-order valence-electron chi connectivity index (χ1n) is 13.4. The number of rotatable bonds is 16. The van der Waals surface area contributed by atoms with E-state index in [4.69, 9.17) is 10.5 Å². The standard InChI is InChI=1S/C32H41NO2S/c1-2-3-4-5-6-7-8-18-25-35-31(34)30(33)26-36-32(27-19-12-9-13-20-27,28-21-14-10-15-22-28)29-23-16-11-17-24-29/h9-17,19-24,30H,2-8,18,25-26,33H2,1H3/t30-/m0/s1. The van der Waals surface area contributed by atoms with Crippen molar-refractivity contribution in [1.82, 2.24) is 0 Å². The molecule has 0 aliphatic rings. The Morgan fingerprint density at radius 2 is 1.14 bits per heavy atom. The molecule has 192 valence electrons. The van der Waals surface area contributed by atoms with Gasteiger partial charge in [-0.05, 0) is 23.1 Å². The molecule has 0 saturated heterocycles. The molecule has 0 fully saturated rings. The van der Waals surface area contributed by atoms with Gasteiger partial charge in [0.25, 0.3) is 0 Å². The second-order valence-electron chi connectivity index (χ2n) is 9.34. The summed E-state index contributed by atoms with van der Waals surface area (Å²) in [5.74, 6) is 0.142. The van der Waals surface area contributed by atoms with Crippen LogP contribution in [0.25, 0.3) is 0 Å². The van der Waals surface area contributed by atoms with Crippen molar-refractivity contribution in [2.24, 2.45) is 5.73 Å². The predicted octanol–water partition coefficient (Wildman–Crippen LogP) is 7.72. The molecule has 3 aromatic carbocycles. The van der Waals surface area contributed by atoms with Gasteiger partial charge in [-0.3, -0.25) is 4.79 Å². The number of hydrogen-bond donors (Lipinski definition) is 1. The first kappa shape index (κ1) is 28.0. The van der Waals surface area contributed by atoms with Gasteiger partial charge >= 0.3 is 5.97 Å². The van der Waals surface area contributed by atoms with Crippen molar-refractivity contribution < 1.29 is 9.53 Å². The SMILES string of the molecule is CCCCCCCCCCOC(=O)[C@@H](N)CSC(c1ccccc1)(c1ccccc1)c1ccccc1. The third kappa shape index (κ3) is 7.97. The molecule has 0 aromatic heterocycles. The van der Waals surface area contributed by atoms with Gasteiger partial charge in [0.05, 0.1) is 11.4 Å². The number of benzene rings is 3. The van der Waals surface area contributed by atoms with Gasteiger partial charge in [0.15, 0.2) is 0 Å². The molecule has 3 rings (SSSR count). The molecule has 3 nitrogen and oxygen atoms in total. The van der Waals surface area contributed by atoms with Crippen LogP contribution in [0.5, 0.6) is 0 Å². The number of carbonyl (C=O) groups excluding carboxylic acids is 1. The van der Waals surface area contributed by atoms with Crippen molar-refractivity contribution >= 4 is 17.7 Å². The Morgan fingerprint density at radius 3 is 1.58 bits per heavy atom. The maximum Gasteiger partial charge on any atom is 0.323 e. The average molecular weight is 504 g/mol. The Labute approximate surface area is 221 Å². The third-order valence-corrected chi connectivity index (χ3v) is 8.23. The number of nitrogens with two attached hydrogens (primary N) is 1. The van der Waals surface area contributed by atoms with Crippen LogP contribution in [-0.2, 0) is 14.3 Å². The fourth-order valence-electron chi connectivity index (χ4n) is 4.57. The smallest absolute Gasteiger partial charge is 0.323 e. The maximum atomic E-state index is 12.7. The molecular weight excluding hydrogens is 462 g/mol. The second kappa shape index (κ2) is 15.5. The van der Waals surface area contributed by atoms with E-state index in [0.29, 0.717) is 12.4 Å². The maximum absolute atomic E-state index is 12.7. The molecule has 0 spiro atoms. The number of esters is 1. The highest BCUT2D eigenvalue weighted by molar-refractivity contribution is 8.00. The molecule has 0 heterocycles. The average Bonchev–Trinajstić information content (AvgIpc) is 2.94. The lowest BCUT2D eigenvalue weighted by atomic mass is 9.84. The molecule has 0 amide bonds. The molecule has 0 aliphatic carbocycles. The van der Waals surface area contributed by atoms with Crippen LogP contribution in [0, 0.1) is 0 Å². The molecule has 0 aliphatic heterocycles. The fraction of sp³-hybridized carbons (Fsp3) is 0.406. The molecule has 2 N–H and O–H groups in total. The molecule has 0 bridgehead atoms. The van der Waals surface area contributed by atoms with Crippen LogP contribution < -0.4 is 5.73 Å². The van der Waals surface area contributed by atoms with E-state index in [1.54, 1.807) is 11.8 Å². The highest BCUT2D eigenvalue weighted by Crippen LogP contribution is 2.48. The zero-order valence-electron chi connectivity index (χ0n) is 21.6. The molecular formula is C32H41NO2S. The van der Waals surface area contributed by atoms with E-state index in [9.17, 15) is 4.79 Å². The molecule has 4 heteroatoms. The first-order chi connectivity index (χ1) is 17.7. The minimum atomic E-state index is -0.681. The topological polar surface area (TPSA) is 52.3 Å². The van der Waals surface area contributed by atoms with Crippen molar-refractivity contribution in [3.05, 3.63) is 108 Å². The quantitative estimate of drug-likeness (QED) is 0.123. The van der Waals surface area contributed by atoms with Gasteiger partial charge in [-0.1, -0.05) is 143 Å². The Kier molecular flexibility index (Phi) is 12.1. The van der Waals surface area contributed by atoms with Crippen LogP contribution in [0.1, 0.15) is 75.0 Å². The summed E-state index contributed by atoms with van der Waals surface area (Å²) in [6.07, 6.45) is 9.72. The number of unbranched alkanes of at least 4 members (excludes halogenated alkanes) is 7. The van der Waals surface area contributed by atoms with Crippen LogP contribution in [0.2, 0.25) is 0 Å². The highest BCUT2D eigenvalue weighted by atomic mass is 32.2. The van der Waals surface area contributed by atoms with Crippen molar-refractivity contribution in [3.63, 3.8) is 0 Å².